The first-order valence-corrected chi connectivity index (χ1v) is 20.1. The molecule has 0 saturated heterocycles. The van der Waals surface area contributed by atoms with Crippen molar-refractivity contribution in [1.29, 1.82) is 0 Å². The first kappa shape index (κ1) is 37.8. The summed E-state index contributed by atoms with van der Waals surface area (Å²) in [6, 6.07) is 31.8. The first-order valence-electron chi connectivity index (χ1n) is 15.8. The van der Waals surface area contributed by atoms with Gasteiger partial charge in [-0.3, -0.25) is 14.9 Å². The van der Waals surface area contributed by atoms with Crippen LogP contribution in [-0.2, 0) is 24.3 Å². The fourth-order valence-electron chi connectivity index (χ4n) is 6.12. The Hall–Kier alpha value is -4.96. The zero-order valence-electron chi connectivity index (χ0n) is 27.9. The summed E-state index contributed by atoms with van der Waals surface area (Å²) in [6.07, 6.45) is 2.44. The van der Waals surface area contributed by atoms with Gasteiger partial charge in [-0.1, -0.05) is 88.9 Å². The number of non-ortho nitro benzene ring substituents is 1. The van der Waals surface area contributed by atoms with Gasteiger partial charge in [-0.2, -0.15) is 4.31 Å². The maximum Gasteiger partial charge on any atom is 0.330 e. The second kappa shape index (κ2) is 15.2. The lowest BCUT2D eigenvalue weighted by Crippen LogP contribution is -2.38. The average Bonchev–Trinajstić information content (AvgIpc) is 3.45. The molecule has 9 nitrogen and oxygen atoms in total. The normalized spacial score (nSPS) is 13.6. The molecule has 1 amide bonds. The van der Waals surface area contributed by atoms with Crippen LogP contribution in [0.25, 0.3) is 5.70 Å². The van der Waals surface area contributed by atoms with E-state index in [0.29, 0.717) is 35.3 Å². The van der Waals surface area contributed by atoms with Crippen molar-refractivity contribution in [2.45, 2.75) is 11.8 Å². The zero-order chi connectivity index (χ0) is 38.1. The summed E-state index contributed by atoms with van der Waals surface area (Å²) in [6.45, 7) is -1.72. The fraction of sp³-hybridized carbons (Fsp3) is 0.0513. The van der Waals surface area contributed by atoms with E-state index in [1.54, 1.807) is 91.9 Å². The fourth-order valence-corrected chi connectivity index (χ4v) is 12.4. The quantitative estimate of drug-likeness (QED) is 0.0492. The van der Waals surface area contributed by atoms with Crippen LogP contribution < -0.4 is 15.9 Å². The maximum absolute atomic E-state index is 15.6. The van der Waals surface area contributed by atoms with Gasteiger partial charge in [0.15, 0.2) is 0 Å². The molecule has 0 spiro atoms. The number of carbonyl (C=O) groups excluding carboxylic acids is 2. The van der Waals surface area contributed by atoms with Gasteiger partial charge in [0.1, 0.15) is 0 Å². The molecule has 0 aromatic heterocycles. The van der Waals surface area contributed by atoms with Gasteiger partial charge < -0.3 is 4.74 Å². The van der Waals surface area contributed by atoms with E-state index < -0.39 is 33.7 Å². The average molecular weight is 806 g/mol. The molecule has 0 bridgehead atoms. The number of nitro groups is 1. The highest BCUT2D eigenvalue weighted by molar-refractivity contribution is 7.97. The van der Waals surface area contributed by atoms with Gasteiger partial charge in [0.05, 0.1) is 27.9 Å². The van der Waals surface area contributed by atoms with E-state index in [-0.39, 0.29) is 32.7 Å². The Balaban J connectivity index is 1.91. The Bertz CT molecular complexity index is 2370. The Morgan fingerprint density at radius 3 is 1.62 bits per heavy atom. The molecule has 1 aliphatic heterocycles. The Kier molecular flexibility index (Phi) is 10.8. The van der Waals surface area contributed by atoms with Crippen LogP contribution in [0, 0.1) is 17.0 Å². The molecule has 0 N–H and O–H groups in total. The molecule has 14 heteroatoms. The van der Waals surface area contributed by atoms with E-state index in [9.17, 15) is 23.3 Å². The molecular weight excluding hydrogens is 778 g/mol. The SMILES string of the molecule is COC(=O)/C=C/C1=C(c2ccc([N+](=O)[O-])cc2)N(S(=O)(=O)c2ccc(C)cc2)C(=O)C1=P(c1ccc(Cl)cc1)(c1ccc(Cl)cc1)c1ccc(Cl)cc1. The number of carbonyl (C=O) groups is 2. The lowest BCUT2D eigenvalue weighted by atomic mass is 10.1. The zero-order valence-corrected chi connectivity index (χ0v) is 31.9. The highest BCUT2D eigenvalue weighted by Crippen LogP contribution is 2.53. The van der Waals surface area contributed by atoms with Gasteiger partial charge in [-0.25, -0.2) is 13.2 Å². The van der Waals surface area contributed by atoms with Crippen LogP contribution >= 0.6 is 41.7 Å². The monoisotopic (exact) mass is 804 g/mol. The van der Waals surface area contributed by atoms with Gasteiger partial charge in [-0.05, 0) is 96.5 Å². The first-order chi connectivity index (χ1) is 25.3. The lowest BCUT2D eigenvalue weighted by Gasteiger charge is -2.32. The molecular formula is C39H28Cl3N2O7PS. The molecule has 53 heavy (non-hydrogen) atoms. The van der Waals surface area contributed by atoms with Crippen LogP contribution in [0.15, 0.2) is 144 Å². The third-order valence-electron chi connectivity index (χ3n) is 8.58. The number of amides is 1. The second-order valence-electron chi connectivity index (χ2n) is 11.8. The highest BCUT2D eigenvalue weighted by atomic mass is 35.5. The number of halogens is 3. The number of sulfonamides is 1. The van der Waals surface area contributed by atoms with Crippen molar-refractivity contribution >= 4 is 96.2 Å². The van der Waals surface area contributed by atoms with Crippen LogP contribution in [0.4, 0.5) is 5.69 Å². The highest BCUT2D eigenvalue weighted by Gasteiger charge is 2.48. The van der Waals surface area contributed by atoms with Crippen LogP contribution in [0.5, 0.6) is 0 Å². The van der Waals surface area contributed by atoms with Gasteiger partial charge >= 0.3 is 5.97 Å². The maximum atomic E-state index is 15.6. The third kappa shape index (κ3) is 7.09. The van der Waals surface area contributed by atoms with E-state index in [2.05, 4.69) is 0 Å². The smallest absolute Gasteiger partial charge is 0.330 e. The second-order valence-corrected chi connectivity index (χ2v) is 18.2. The number of hydrogen-bond donors (Lipinski definition) is 0. The molecule has 0 atom stereocenters. The van der Waals surface area contributed by atoms with E-state index in [4.69, 9.17) is 39.5 Å². The summed E-state index contributed by atoms with van der Waals surface area (Å²) in [5.74, 6) is -1.68. The number of nitrogens with zero attached hydrogens (tertiary/aromatic N) is 2. The molecule has 0 fully saturated rings. The number of esters is 1. The number of allylic oxidation sites excluding steroid dienone is 1. The molecule has 0 radical (unpaired) electrons. The van der Waals surface area contributed by atoms with Gasteiger partial charge in [-0.15, -0.1) is 0 Å². The summed E-state index contributed by atoms with van der Waals surface area (Å²) in [5.41, 5.74) is 0.628. The van der Waals surface area contributed by atoms with Crippen molar-refractivity contribution in [3.63, 3.8) is 0 Å². The molecule has 5 aromatic carbocycles. The van der Waals surface area contributed by atoms with Gasteiger partial charge in [0, 0.05) is 44.4 Å². The predicted octanol–water partition coefficient (Wildman–Crippen LogP) is 7.70. The van der Waals surface area contributed by atoms with Crippen molar-refractivity contribution in [3.8, 4) is 0 Å². The summed E-state index contributed by atoms with van der Waals surface area (Å²) in [5, 5.41) is 14.8. The number of hydrogen-bond acceptors (Lipinski definition) is 7. The van der Waals surface area contributed by atoms with Gasteiger partial charge in [0.25, 0.3) is 21.6 Å². The summed E-state index contributed by atoms with van der Waals surface area (Å²) < 4.78 is 35.4. The molecule has 0 saturated carbocycles. The number of benzene rings is 5. The van der Waals surface area contributed by atoms with Gasteiger partial charge in [0.2, 0.25) is 0 Å². The van der Waals surface area contributed by atoms with E-state index >= 15 is 4.79 Å². The molecule has 1 heterocycles. The number of ether oxygens (including phenoxy) is 1. The van der Waals surface area contributed by atoms with Crippen molar-refractivity contribution in [2.24, 2.45) is 0 Å². The topological polar surface area (TPSA) is 124 Å². The number of methoxy groups -OCH3 is 1. The minimum Gasteiger partial charge on any atom is -0.466 e. The molecule has 268 valence electrons. The standard InChI is InChI=1S/C39H28Cl3N2O7PS/c1-25-3-21-34(22-4-25)53(49,50)43-37(26-5-13-30(14-6-26)44(47)48)35(23-24-36(45)51-2)38(39(43)46)52(31-15-7-27(40)8-16-31,32-17-9-28(41)10-18-32)33-19-11-29(42)12-20-33/h3-24H,1-2H3/b24-23+. The van der Waals surface area contributed by atoms with E-state index in [1.165, 1.54) is 49.6 Å². The Labute approximate surface area is 320 Å². The molecule has 6 rings (SSSR count). The molecule has 1 aliphatic rings. The van der Waals surface area contributed by atoms with E-state index in [1.807, 2.05) is 0 Å². The van der Waals surface area contributed by atoms with Crippen molar-refractivity contribution in [1.82, 2.24) is 4.31 Å². The Morgan fingerprint density at radius 2 is 1.21 bits per heavy atom. The molecule has 0 aliphatic carbocycles. The van der Waals surface area contributed by atoms with Crippen LogP contribution in [0.3, 0.4) is 0 Å². The minimum atomic E-state index is -4.69. The van der Waals surface area contributed by atoms with Crippen LogP contribution in [0.1, 0.15) is 11.1 Å². The predicted molar refractivity (Wildman–Crippen MR) is 212 cm³/mol. The van der Waals surface area contributed by atoms with E-state index in [0.717, 1.165) is 11.6 Å². The number of nitro benzene ring substituents is 1. The summed E-state index contributed by atoms with van der Waals surface area (Å²) in [7, 11) is -3.51. The van der Waals surface area contributed by atoms with Crippen LogP contribution in [-0.4, -0.2) is 41.9 Å². The van der Waals surface area contributed by atoms with Crippen molar-refractivity contribution in [2.75, 3.05) is 7.11 Å². The van der Waals surface area contributed by atoms with Crippen molar-refractivity contribution < 1.29 is 27.7 Å². The molecule has 5 aromatic rings. The third-order valence-corrected chi connectivity index (χ3v) is 15.3. The summed E-state index contributed by atoms with van der Waals surface area (Å²) >= 11 is 19.2. The molecule has 0 unspecified atom stereocenters. The number of aryl methyl sites for hydroxylation is 1. The summed E-state index contributed by atoms with van der Waals surface area (Å²) in [4.78, 5) is 39.3. The Morgan fingerprint density at radius 1 is 0.755 bits per heavy atom. The van der Waals surface area contributed by atoms with Crippen LogP contribution in [0.2, 0.25) is 15.1 Å². The lowest BCUT2D eigenvalue weighted by molar-refractivity contribution is -0.384. The minimum absolute atomic E-state index is 0.0358. The number of rotatable bonds is 9. The largest absolute Gasteiger partial charge is 0.466 e. The van der Waals surface area contributed by atoms with Crippen molar-refractivity contribution in [3.05, 3.63) is 175 Å².